The molecule has 7 nitrogen and oxygen atoms in total. The molecule has 0 radical (unpaired) electrons. The Morgan fingerprint density at radius 2 is 2.07 bits per heavy atom. The summed E-state index contributed by atoms with van der Waals surface area (Å²) in [7, 11) is -2.10. The van der Waals surface area contributed by atoms with Gasteiger partial charge in [-0.25, -0.2) is 22.8 Å². The van der Waals surface area contributed by atoms with Crippen molar-refractivity contribution in [2.75, 3.05) is 23.7 Å². The van der Waals surface area contributed by atoms with Gasteiger partial charge in [-0.3, -0.25) is 4.31 Å². The fourth-order valence-electron chi connectivity index (χ4n) is 3.12. The lowest BCUT2D eigenvalue weighted by molar-refractivity contribution is 0.402. The van der Waals surface area contributed by atoms with Gasteiger partial charge in [-0.05, 0) is 32.0 Å². The maximum Gasteiger partial charge on any atom is 0.234 e. The summed E-state index contributed by atoms with van der Waals surface area (Å²) >= 11 is 5.93. The molecule has 28 heavy (non-hydrogen) atoms. The molecule has 0 saturated heterocycles. The third kappa shape index (κ3) is 3.77. The Hall–Kier alpha value is -2.39. The van der Waals surface area contributed by atoms with E-state index in [1.54, 1.807) is 23.6 Å². The predicted molar refractivity (Wildman–Crippen MR) is 107 cm³/mol. The Labute approximate surface area is 167 Å². The molecular weight excluding hydrogens is 407 g/mol. The normalized spacial score (nSPS) is 11.8. The first kappa shape index (κ1) is 20.3. The van der Waals surface area contributed by atoms with E-state index in [0.717, 1.165) is 11.9 Å². The highest BCUT2D eigenvalue weighted by molar-refractivity contribution is 7.92. The van der Waals surface area contributed by atoms with E-state index in [-0.39, 0.29) is 24.0 Å². The third-order valence-electron chi connectivity index (χ3n) is 4.47. The average molecular weight is 427 g/mol. The molecule has 3 heterocycles. The van der Waals surface area contributed by atoms with Crippen LogP contribution in [0.2, 0.25) is 5.15 Å². The fraction of sp³-hybridized carbons (Fsp3) is 0.333. The molecule has 3 aromatic rings. The second kappa shape index (κ2) is 7.92. The highest BCUT2D eigenvalue weighted by Gasteiger charge is 2.22. The highest BCUT2D eigenvalue weighted by Crippen LogP contribution is 2.29. The molecule has 0 aliphatic heterocycles. The molecule has 0 fully saturated rings. The lowest BCUT2D eigenvalue weighted by atomic mass is 10.3. The van der Waals surface area contributed by atoms with Crippen LogP contribution in [-0.4, -0.2) is 42.4 Å². The number of rotatable bonds is 7. The number of hydrogen-bond donors (Lipinski definition) is 0. The van der Waals surface area contributed by atoms with Gasteiger partial charge in [-0.2, -0.15) is 0 Å². The molecule has 0 atom stereocenters. The van der Waals surface area contributed by atoms with Gasteiger partial charge >= 0.3 is 0 Å². The fourth-order valence-corrected chi connectivity index (χ4v) is 4.39. The highest BCUT2D eigenvalue weighted by atomic mass is 35.5. The van der Waals surface area contributed by atoms with Crippen molar-refractivity contribution in [3.05, 3.63) is 47.3 Å². The maximum absolute atomic E-state index is 14.5. The molecule has 150 valence electrons. The molecule has 0 aliphatic carbocycles. The summed E-state index contributed by atoms with van der Waals surface area (Å²) < 4.78 is 47.9. The minimum Gasteiger partial charge on any atom is -0.481 e. The van der Waals surface area contributed by atoms with E-state index in [1.165, 1.54) is 23.7 Å². The van der Waals surface area contributed by atoms with E-state index in [0.29, 0.717) is 22.5 Å². The number of methoxy groups -OCH3 is 1. The number of aromatic nitrogens is 3. The van der Waals surface area contributed by atoms with Gasteiger partial charge in [-0.1, -0.05) is 11.6 Å². The second-order valence-electron chi connectivity index (χ2n) is 6.12. The summed E-state index contributed by atoms with van der Waals surface area (Å²) in [4.78, 5) is 7.84. The minimum absolute atomic E-state index is 0.0789. The number of hydrogen-bond acceptors (Lipinski definition) is 5. The van der Waals surface area contributed by atoms with Gasteiger partial charge in [0.1, 0.15) is 5.15 Å². The topological polar surface area (TPSA) is 77.3 Å². The molecule has 10 heteroatoms. The van der Waals surface area contributed by atoms with Crippen molar-refractivity contribution < 1.29 is 17.5 Å². The van der Waals surface area contributed by atoms with Crippen LogP contribution in [0.5, 0.6) is 5.88 Å². The molecule has 0 N–H and O–H groups in total. The van der Waals surface area contributed by atoms with Crippen LogP contribution in [0.1, 0.15) is 12.6 Å². The molecule has 0 spiro atoms. The number of anilines is 1. The second-order valence-corrected chi connectivity index (χ2v) is 8.69. The van der Waals surface area contributed by atoms with Gasteiger partial charge in [0.2, 0.25) is 15.9 Å². The Kier molecular flexibility index (Phi) is 5.76. The van der Waals surface area contributed by atoms with E-state index in [2.05, 4.69) is 9.97 Å². The van der Waals surface area contributed by atoms with Crippen LogP contribution < -0.4 is 9.04 Å². The lowest BCUT2D eigenvalue weighted by Gasteiger charge is -2.24. The number of aryl methyl sites for hydroxylation is 1. The van der Waals surface area contributed by atoms with E-state index >= 15 is 0 Å². The first-order valence-corrected chi connectivity index (χ1v) is 10.6. The van der Waals surface area contributed by atoms with Gasteiger partial charge in [-0.15, -0.1) is 0 Å². The van der Waals surface area contributed by atoms with E-state index in [1.807, 2.05) is 6.92 Å². The largest absolute Gasteiger partial charge is 0.481 e. The van der Waals surface area contributed by atoms with Gasteiger partial charge in [0.05, 0.1) is 42.2 Å². The average Bonchev–Trinajstić information content (AvgIpc) is 2.99. The summed E-state index contributed by atoms with van der Waals surface area (Å²) in [5, 5.41) is 0.732. The van der Waals surface area contributed by atoms with Crippen LogP contribution in [0.4, 0.5) is 10.1 Å². The van der Waals surface area contributed by atoms with Gasteiger partial charge in [0.25, 0.3) is 0 Å². The number of pyridine rings is 2. The molecule has 0 saturated carbocycles. The zero-order valence-corrected chi connectivity index (χ0v) is 17.3. The molecule has 0 unspecified atom stereocenters. The predicted octanol–water partition coefficient (Wildman–Crippen LogP) is 3.40. The summed E-state index contributed by atoms with van der Waals surface area (Å²) in [6.45, 7) is 3.72. The number of halogens is 2. The van der Waals surface area contributed by atoms with E-state index in [9.17, 15) is 12.8 Å². The SMILES string of the molecule is CCS(=O)(=O)N(CCn1c(C)cc2c(OC)ncc(F)c21)c1ccnc(Cl)c1. The molecule has 0 amide bonds. The first-order valence-electron chi connectivity index (χ1n) is 8.58. The molecule has 0 bridgehead atoms. The maximum atomic E-state index is 14.5. The van der Waals surface area contributed by atoms with Crippen LogP contribution in [0.3, 0.4) is 0 Å². The standard InChI is InChI=1S/C18H20ClFN4O3S/c1-4-28(25,26)24(13-5-6-21-16(19)10-13)8-7-23-12(2)9-14-17(23)15(20)11-22-18(14)27-3/h5-6,9-11H,4,7-8H2,1-3H3. The van der Waals surface area contributed by atoms with Gasteiger partial charge in [0, 0.05) is 18.4 Å². The Morgan fingerprint density at radius 1 is 1.32 bits per heavy atom. The monoisotopic (exact) mass is 426 g/mol. The molecular formula is C18H20ClFN4O3S. The third-order valence-corrected chi connectivity index (χ3v) is 6.48. The summed E-state index contributed by atoms with van der Waals surface area (Å²) in [5.41, 5.74) is 1.50. The van der Waals surface area contributed by atoms with Crippen LogP contribution in [0.15, 0.2) is 30.6 Å². The zero-order chi connectivity index (χ0) is 20.5. The van der Waals surface area contributed by atoms with Crippen molar-refractivity contribution in [1.82, 2.24) is 14.5 Å². The van der Waals surface area contributed by atoms with Crippen molar-refractivity contribution in [3.63, 3.8) is 0 Å². The van der Waals surface area contributed by atoms with E-state index in [4.69, 9.17) is 16.3 Å². The molecule has 0 aromatic carbocycles. The Balaban J connectivity index is 2.02. The summed E-state index contributed by atoms with van der Waals surface area (Å²) in [5.74, 6) is -0.261. The van der Waals surface area contributed by atoms with Gasteiger partial charge in [0.15, 0.2) is 5.82 Å². The van der Waals surface area contributed by atoms with Crippen molar-refractivity contribution in [3.8, 4) is 5.88 Å². The molecule has 3 aromatic heterocycles. The molecule has 3 rings (SSSR count). The van der Waals surface area contributed by atoms with E-state index < -0.39 is 15.8 Å². The van der Waals surface area contributed by atoms with Crippen molar-refractivity contribution in [2.24, 2.45) is 0 Å². The Bertz CT molecular complexity index is 1120. The molecule has 0 aliphatic rings. The van der Waals surface area contributed by atoms with Crippen LogP contribution in [-0.2, 0) is 16.6 Å². The van der Waals surface area contributed by atoms with Crippen molar-refractivity contribution >= 4 is 38.2 Å². The quantitative estimate of drug-likeness (QED) is 0.541. The summed E-state index contributed by atoms with van der Waals surface area (Å²) in [6.07, 6.45) is 2.54. The van der Waals surface area contributed by atoms with Crippen LogP contribution in [0.25, 0.3) is 10.9 Å². The number of fused-ring (bicyclic) bond motifs is 1. The minimum atomic E-state index is -3.57. The van der Waals surface area contributed by atoms with Crippen molar-refractivity contribution in [1.29, 1.82) is 0 Å². The Morgan fingerprint density at radius 3 is 2.71 bits per heavy atom. The number of sulfonamides is 1. The smallest absolute Gasteiger partial charge is 0.234 e. The van der Waals surface area contributed by atoms with Crippen LogP contribution in [0, 0.1) is 12.7 Å². The lowest BCUT2D eigenvalue weighted by Crippen LogP contribution is -2.35. The first-order chi connectivity index (χ1) is 13.3. The summed E-state index contributed by atoms with van der Waals surface area (Å²) in [6, 6.07) is 4.84. The van der Waals surface area contributed by atoms with Crippen LogP contribution >= 0.6 is 11.6 Å². The number of ether oxygens (including phenoxy) is 1. The van der Waals surface area contributed by atoms with Crippen molar-refractivity contribution in [2.45, 2.75) is 20.4 Å². The van der Waals surface area contributed by atoms with Gasteiger partial charge < -0.3 is 9.30 Å². The number of nitrogens with zero attached hydrogens (tertiary/aromatic N) is 4. The zero-order valence-electron chi connectivity index (χ0n) is 15.7.